The number of ether oxygens (including phenoxy) is 1. The molecule has 3 aromatic rings. The van der Waals surface area contributed by atoms with Gasteiger partial charge in [0.05, 0.1) is 13.2 Å². The van der Waals surface area contributed by atoms with Gasteiger partial charge in [0, 0.05) is 31.6 Å². The van der Waals surface area contributed by atoms with Crippen molar-refractivity contribution >= 4 is 16.9 Å². The lowest BCUT2D eigenvalue weighted by atomic mass is 9.70. The van der Waals surface area contributed by atoms with E-state index in [2.05, 4.69) is 32.3 Å². The van der Waals surface area contributed by atoms with E-state index in [0.29, 0.717) is 29.7 Å². The van der Waals surface area contributed by atoms with Crippen LogP contribution >= 0.6 is 0 Å². The Hall–Kier alpha value is -2.35. The van der Waals surface area contributed by atoms with Crippen LogP contribution in [-0.2, 0) is 18.3 Å². The molecule has 0 unspecified atom stereocenters. The molecule has 0 aromatic carbocycles. The van der Waals surface area contributed by atoms with Gasteiger partial charge in [0.1, 0.15) is 0 Å². The van der Waals surface area contributed by atoms with Crippen molar-refractivity contribution < 1.29 is 4.74 Å². The molecule has 8 heteroatoms. The summed E-state index contributed by atoms with van der Waals surface area (Å²) in [6.45, 7) is 11.6. The number of imidazole rings is 2. The Morgan fingerprint density at radius 2 is 1.87 bits per heavy atom. The predicted octanol–water partition coefficient (Wildman–Crippen LogP) is 2.80. The first-order valence-corrected chi connectivity index (χ1v) is 10.8. The summed E-state index contributed by atoms with van der Waals surface area (Å²) in [7, 11) is 3.24. The third-order valence-electron chi connectivity index (χ3n) is 6.81. The molecular weight excluding hydrogens is 382 g/mol. The molecule has 0 saturated heterocycles. The smallest absolute Gasteiger partial charge is 0.332 e. The Bertz CT molecular complexity index is 1240. The van der Waals surface area contributed by atoms with Crippen molar-refractivity contribution in [2.75, 3.05) is 13.7 Å². The van der Waals surface area contributed by atoms with Crippen LogP contribution in [0.2, 0.25) is 0 Å². The minimum absolute atomic E-state index is 0.220. The lowest BCUT2D eigenvalue weighted by Gasteiger charge is -2.40. The molecule has 0 amide bonds. The van der Waals surface area contributed by atoms with E-state index in [4.69, 9.17) is 9.72 Å². The Labute approximate surface area is 176 Å². The van der Waals surface area contributed by atoms with Crippen LogP contribution in [-0.4, -0.2) is 36.8 Å². The Morgan fingerprint density at radius 1 is 1.17 bits per heavy atom. The highest BCUT2D eigenvalue weighted by Crippen LogP contribution is 2.45. The molecule has 1 aliphatic carbocycles. The van der Waals surface area contributed by atoms with E-state index in [1.54, 1.807) is 14.2 Å². The fraction of sp³-hybridized carbons (Fsp3) is 0.682. The maximum Gasteiger partial charge on any atom is 0.332 e. The lowest BCUT2D eigenvalue weighted by molar-refractivity contribution is 0.138. The molecule has 1 fully saturated rings. The number of hydrogen-bond acceptors (Lipinski definition) is 4. The number of rotatable bonds is 4. The number of methoxy groups -OCH3 is 1. The monoisotopic (exact) mass is 415 g/mol. The van der Waals surface area contributed by atoms with Crippen molar-refractivity contribution in [3.8, 4) is 0 Å². The third kappa shape index (κ3) is 3.04. The summed E-state index contributed by atoms with van der Waals surface area (Å²) in [6, 6.07) is 0.324. The van der Waals surface area contributed by atoms with Crippen LogP contribution in [0.3, 0.4) is 0 Å². The average molecular weight is 416 g/mol. The summed E-state index contributed by atoms with van der Waals surface area (Å²) in [4.78, 5) is 30.9. The van der Waals surface area contributed by atoms with E-state index >= 15 is 0 Å². The van der Waals surface area contributed by atoms with E-state index in [-0.39, 0.29) is 23.2 Å². The van der Waals surface area contributed by atoms with Crippen LogP contribution in [0.4, 0.5) is 0 Å². The largest absolute Gasteiger partial charge is 0.383 e. The molecule has 164 valence electrons. The first-order valence-electron chi connectivity index (χ1n) is 10.8. The maximum atomic E-state index is 13.3. The van der Waals surface area contributed by atoms with E-state index in [1.165, 1.54) is 15.6 Å². The molecule has 30 heavy (non-hydrogen) atoms. The van der Waals surface area contributed by atoms with Crippen molar-refractivity contribution in [3.05, 3.63) is 32.2 Å². The van der Waals surface area contributed by atoms with Gasteiger partial charge in [-0.3, -0.25) is 18.3 Å². The number of aromatic nitrogens is 5. The van der Waals surface area contributed by atoms with E-state index in [1.807, 2.05) is 11.3 Å². The summed E-state index contributed by atoms with van der Waals surface area (Å²) in [6.07, 6.45) is 3.38. The van der Waals surface area contributed by atoms with Crippen LogP contribution in [0, 0.1) is 25.2 Å². The minimum Gasteiger partial charge on any atom is -0.383 e. The maximum absolute atomic E-state index is 13.3. The van der Waals surface area contributed by atoms with Crippen LogP contribution < -0.4 is 11.2 Å². The second-order valence-corrected chi connectivity index (χ2v) is 9.82. The molecule has 0 bridgehead atoms. The van der Waals surface area contributed by atoms with Crippen molar-refractivity contribution in [2.45, 2.75) is 66.5 Å². The van der Waals surface area contributed by atoms with Crippen LogP contribution in [0.5, 0.6) is 0 Å². The highest BCUT2D eigenvalue weighted by Gasteiger charge is 2.35. The normalized spacial score (nSPS) is 21.7. The molecule has 2 atom stereocenters. The van der Waals surface area contributed by atoms with Gasteiger partial charge in [-0.15, -0.1) is 0 Å². The highest BCUT2D eigenvalue weighted by atomic mass is 16.5. The number of fused-ring (bicyclic) bond motifs is 3. The van der Waals surface area contributed by atoms with Crippen molar-refractivity contribution in [3.63, 3.8) is 0 Å². The van der Waals surface area contributed by atoms with Gasteiger partial charge in [-0.1, -0.05) is 20.8 Å². The average Bonchev–Trinajstić information content (AvgIpc) is 3.14. The SMILES string of the molecule is COCCn1c(=O)c2c(nc3n([C@@H]4C[C@H](C)CC(C)(C)C4)c(C)c(C)n23)n(C)c1=O. The lowest BCUT2D eigenvalue weighted by Crippen LogP contribution is -2.40. The molecule has 0 radical (unpaired) electrons. The van der Waals surface area contributed by atoms with Gasteiger partial charge in [-0.05, 0) is 44.4 Å². The fourth-order valence-corrected chi connectivity index (χ4v) is 5.58. The Kier molecular flexibility index (Phi) is 4.96. The second kappa shape index (κ2) is 7.11. The van der Waals surface area contributed by atoms with Gasteiger partial charge in [-0.2, -0.15) is 4.98 Å². The topological polar surface area (TPSA) is 75.5 Å². The van der Waals surface area contributed by atoms with E-state index in [0.717, 1.165) is 30.0 Å². The molecule has 1 aliphatic rings. The molecule has 8 nitrogen and oxygen atoms in total. The van der Waals surface area contributed by atoms with Crippen molar-refractivity contribution in [2.24, 2.45) is 18.4 Å². The molecular formula is C22H33N5O3. The van der Waals surface area contributed by atoms with Crippen molar-refractivity contribution in [1.82, 2.24) is 23.1 Å². The second-order valence-electron chi connectivity index (χ2n) is 9.82. The fourth-order valence-electron chi connectivity index (χ4n) is 5.58. The highest BCUT2D eigenvalue weighted by molar-refractivity contribution is 5.76. The quantitative estimate of drug-likeness (QED) is 0.657. The summed E-state index contributed by atoms with van der Waals surface area (Å²) in [5.41, 5.74) is 2.62. The third-order valence-corrected chi connectivity index (χ3v) is 6.81. The molecule has 0 spiro atoms. The Balaban J connectivity index is 2.02. The van der Waals surface area contributed by atoms with Crippen LogP contribution in [0.25, 0.3) is 16.9 Å². The molecule has 3 heterocycles. The number of hydrogen-bond donors (Lipinski definition) is 0. The van der Waals surface area contributed by atoms with Gasteiger partial charge >= 0.3 is 5.69 Å². The van der Waals surface area contributed by atoms with Crippen LogP contribution in [0.1, 0.15) is 57.5 Å². The molecule has 1 saturated carbocycles. The summed E-state index contributed by atoms with van der Waals surface area (Å²) < 4.78 is 12.1. The summed E-state index contributed by atoms with van der Waals surface area (Å²) >= 11 is 0. The first kappa shape index (κ1) is 20.9. The van der Waals surface area contributed by atoms with Crippen LogP contribution in [0.15, 0.2) is 9.59 Å². The molecule has 0 N–H and O–H groups in total. The number of aryl methyl sites for hydroxylation is 2. The van der Waals surface area contributed by atoms with E-state index in [9.17, 15) is 9.59 Å². The molecule has 4 rings (SSSR count). The first-order chi connectivity index (χ1) is 14.1. The van der Waals surface area contributed by atoms with Gasteiger partial charge in [0.25, 0.3) is 5.56 Å². The van der Waals surface area contributed by atoms with Gasteiger partial charge in [0.2, 0.25) is 5.78 Å². The van der Waals surface area contributed by atoms with Gasteiger partial charge < -0.3 is 9.30 Å². The van der Waals surface area contributed by atoms with Gasteiger partial charge in [-0.25, -0.2) is 4.79 Å². The number of nitrogens with zero attached hydrogens (tertiary/aromatic N) is 5. The molecule has 0 aliphatic heterocycles. The van der Waals surface area contributed by atoms with Gasteiger partial charge in [0.15, 0.2) is 11.2 Å². The van der Waals surface area contributed by atoms with E-state index < -0.39 is 0 Å². The summed E-state index contributed by atoms with van der Waals surface area (Å²) in [5, 5.41) is 0. The Morgan fingerprint density at radius 3 is 2.50 bits per heavy atom. The minimum atomic E-state index is -0.362. The zero-order valence-corrected chi connectivity index (χ0v) is 19.2. The van der Waals surface area contributed by atoms with Crippen molar-refractivity contribution in [1.29, 1.82) is 0 Å². The summed E-state index contributed by atoms with van der Waals surface area (Å²) in [5.74, 6) is 1.38. The predicted molar refractivity (Wildman–Crippen MR) is 117 cm³/mol. The molecule has 3 aromatic heterocycles. The zero-order valence-electron chi connectivity index (χ0n) is 19.2. The zero-order chi connectivity index (χ0) is 22.0. The standard InChI is InChI=1S/C22H33N5O3/c1-13-10-16(12-22(4,5)11-13)26-14(2)15(3)27-17-18(23-20(26)27)24(6)21(29)25(19(17)28)8-9-30-7/h13,16H,8-12H2,1-7H3/t13-,16+/m0/s1.